The normalized spacial score (nSPS) is 14.9. The molecule has 0 bridgehead atoms. The Morgan fingerprint density at radius 1 is 0.950 bits per heavy atom. The molecule has 0 aliphatic carbocycles. The fourth-order valence-electron chi connectivity index (χ4n) is 2.14. The monoisotopic (exact) mass is 296 g/mol. The number of ether oxygens (including phenoxy) is 2. The van der Waals surface area contributed by atoms with Gasteiger partial charge in [0.1, 0.15) is 24.8 Å². The van der Waals surface area contributed by atoms with Crippen molar-refractivity contribution in [2.24, 2.45) is 0 Å². The van der Waals surface area contributed by atoms with Crippen LogP contribution in [0.1, 0.15) is 16.5 Å². The molecular weight excluding hydrogens is 286 g/mol. The van der Waals surface area contributed by atoms with Gasteiger partial charge in [-0.2, -0.15) is 0 Å². The van der Waals surface area contributed by atoms with Crippen molar-refractivity contribution < 1.29 is 18.3 Å². The van der Waals surface area contributed by atoms with Gasteiger partial charge >= 0.3 is 0 Å². The van der Waals surface area contributed by atoms with E-state index in [2.05, 4.69) is 0 Å². The number of benzene rings is 2. The van der Waals surface area contributed by atoms with E-state index < -0.39 is 17.0 Å². The van der Waals surface area contributed by atoms with Gasteiger partial charge in [0.25, 0.3) is 0 Å². The van der Waals surface area contributed by atoms with Crippen LogP contribution in [-0.4, -0.2) is 13.2 Å². The molecule has 20 heavy (non-hydrogen) atoms. The first kappa shape index (κ1) is 13.2. The van der Waals surface area contributed by atoms with Crippen LogP contribution in [0.4, 0.5) is 8.78 Å². The molecule has 3 rings (SSSR count). The Morgan fingerprint density at radius 3 is 2.30 bits per heavy atom. The average molecular weight is 297 g/mol. The molecule has 2 aromatic rings. The Kier molecular flexibility index (Phi) is 3.49. The highest BCUT2D eigenvalue weighted by molar-refractivity contribution is 6.22. The Hall–Kier alpha value is -1.81. The van der Waals surface area contributed by atoms with E-state index in [1.165, 1.54) is 18.2 Å². The summed E-state index contributed by atoms with van der Waals surface area (Å²) in [4.78, 5) is 0. The third-order valence-electron chi connectivity index (χ3n) is 3.11. The molecule has 1 aliphatic rings. The second-order valence-electron chi connectivity index (χ2n) is 4.40. The number of rotatable bonds is 2. The first-order valence-corrected chi connectivity index (χ1v) is 6.58. The molecule has 104 valence electrons. The maximum Gasteiger partial charge on any atom is 0.161 e. The molecule has 5 heteroatoms. The van der Waals surface area contributed by atoms with Crippen molar-refractivity contribution in [2.45, 2.75) is 5.38 Å². The highest BCUT2D eigenvalue weighted by atomic mass is 35.5. The molecule has 2 aromatic carbocycles. The molecule has 0 aromatic heterocycles. The van der Waals surface area contributed by atoms with Crippen LogP contribution in [0.5, 0.6) is 11.5 Å². The van der Waals surface area contributed by atoms with Crippen LogP contribution in [0.25, 0.3) is 0 Å². The molecule has 1 atom stereocenters. The zero-order chi connectivity index (χ0) is 14.1. The minimum Gasteiger partial charge on any atom is -0.486 e. The van der Waals surface area contributed by atoms with Crippen molar-refractivity contribution >= 4 is 11.6 Å². The van der Waals surface area contributed by atoms with Gasteiger partial charge in [-0.3, -0.25) is 0 Å². The summed E-state index contributed by atoms with van der Waals surface area (Å²) in [6.07, 6.45) is 0. The molecule has 0 N–H and O–H groups in total. The van der Waals surface area contributed by atoms with Crippen molar-refractivity contribution in [3.63, 3.8) is 0 Å². The number of hydrogen-bond donors (Lipinski definition) is 0. The van der Waals surface area contributed by atoms with E-state index in [9.17, 15) is 8.78 Å². The van der Waals surface area contributed by atoms with Crippen molar-refractivity contribution in [1.82, 2.24) is 0 Å². The summed E-state index contributed by atoms with van der Waals surface area (Å²) in [5, 5.41) is -0.924. The van der Waals surface area contributed by atoms with Crippen LogP contribution in [-0.2, 0) is 0 Å². The van der Waals surface area contributed by atoms with Crippen LogP contribution in [0.15, 0.2) is 36.4 Å². The summed E-state index contributed by atoms with van der Waals surface area (Å²) in [7, 11) is 0. The molecule has 1 unspecified atom stereocenters. The first-order chi connectivity index (χ1) is 9.66. The summed E-state index contributed by atoms with van der Waals surface area (Å²) in [5.41, 5.74) is 0.394. The zero-order valence-corrected chi connectivity index (χ0v) is 11.2. The lowest BCUT2D eigenvalue weighted by Gasteiger charge is -2.20. The van der Waals surface area contributed by atoms with E-state index >= 15 is 0 Å². The maximum absolute atomic E-state index is 13.7. The number of halogens is 3. The summed E-state index contributed by atoms with van der Waals surface area (Å²) in [6, 6.07) is 8.70. The summed E-state index contributed by atoms with van der Waals surface area (Å²) >= 11 is 6.21. The lowest BCUT2D eigenvalue weighted by atomic mass is 10.0. The van der Waals surface area contributed by atoms with Crippen molar-refractivity contribution in [3.05, 3.63) is 59.2 Å². The fraction of sp³-hybridized carbons (Fsp3) is 0.200. The van der Waals surface area contributed by atoms with Crippen LogP contribution in [0.3, 0.4) is 0 Å². The van der Waals surface area contributed by atoms with Crippen LogP contribution < -0.4 is 9.47 Å². The van der Waals surface area contributed by atoms with Gasteiger partial charge in [-0.05, 0) is 29.8 Å². The zero-order valence-electron chi connectivity index (χ0n) is 10.4. The Labute approximate surface area is 119 Å². The van der Waals surface area contributed by atoms with E-state index in [0.717, 1.165) is 0 Å². The number of fused-ring (bicyclic) bond motifs is 1. The molecule has 0 spiro atoms. The topological polar surface area (TPSA) is 18.5 Å². The van der Waals surface area contributed by atoms with E-state index in [1.54, 1.807) is 18.2 Å². The van der Waals surface area contributed by atoms with Gasteiger partial charge in [-0.25, -0.2) is 8.78 Å². The molecule has 1 heterocycles. The molecule has 0 saturated heterocycles. The Morgan fingerprint density at radius 2 is 1.60 bits per heavy atom. The van der Waals surface area contributed by atoms with Crippen molar-refractivity contribution in [2.75, 3.05) is 13.2 Å². The van der Waals surface area contributed by atoms with Gasteiger partial charge in [0.15, 0.2) is 11.5 Å². The molecule has 1 aliphatic heterocycles. The van der Waals surface area contributed by atoms with E-state index in [1.807, 2.05) is 0 Å². The summed E-state index contributed by atoms with van der Waals surface area (Å²) in [6.45, 7) is 0.927. The summed E-state index contributed by atoms with van der Waals surface area (Å²) in [5.74, 6) is -0.186. The Bertz CT molecular complexity index is 626. The standard InChI is InChI=1S/C15H11ClF2O2/c16-15(14-10(17)2-1-3-11(14)18)9-4-5-12-13(8-9)20-7-6-19-12/h1-5,8,15H,6-7H2. The predicted molar refractivity (Wildman–Crippen MR) is 71.5 cm³/mol. The lowest BCUT2D eigenvalue weighted by molar-refractivity contribution is 0.171. The third kappa shape index (κ3) is 2.31. The van der Waals surface area contributed by atoms with E-state index in [0.29, 0.717) is 30.3 Å². The average Bonchev–Trinajstić information content (AvgIpc) is 2.46. The second-order valence-corrected chi connectivity index (χ2v) is 4.84. The van der Waals surface area contributed by atoms with Crippen molar-refractivity contribution in [3.8, 4) is 11.5 Å². The maximum atomic E-state index is 13.7. The molecule has 0 amide bonds. The van der Waals surface area contributed by atoms with Gasteiger partial charge in [0, 0.05) is 5.56 Å². The molecule has 0 fully saturated rings. The minimum atomic E-state index is -0.924. The number of hydrogen-bond acceptors (Lipinski definition) is 2. The van der Waals surface area contributed by atoms with E-state index in [4.69, 9.17) is 21.1 Å². The largest absolute Gasteiger partial charge is 0.486 e. The van der Waals surface area contributed by atoms with Crippen LogP contribution in [0.2, 0.25) is 0 Å². The van der Waals surface area contributed by atoms with Gasteiger partial charge in [-0.1, -0.05) is 12.1 Å². The minimum absolute atomic E-state index is 0.161. The van der Waals surface area contributed by atoms with Crippen LogP contribution >= 0.6 is 11.6 Å². The quantitative estimate of drug-likeness (QED) is 0.778. The molecule has 0 saturated carbocycles. The SMILES string of the molecule is Fc1cccc(F)c1C(Cl)c1ccc2c(c1)OCCO2. The second kappa shape index (κ2) is 5.29. The number of alkyl halides is 1. The third-order valence-corrected chi connectivity index (χ3v) is 3.58. The van der Waals surface area contributed by atoms with E-state index in [-0.39, 0.29) is 5.56 Å². The molecular formula is C15H11ClF2O2. The Balaban J connectivity index is 2.00. The fourth-order valence-corrected chi connectivity index (χ4v) is 2.48. The lowest BCUT2D eigenvalue weighted by Crippen LogP contribution is -2.15. The highest BCUT2D eigenvalue weighted by Gasteiger charge is 2.22. The smallest absolute Gasteiger partial charge is 0.161 e. The highest BCUT2D eigenvalue weighted by Crippen LogP contribution is 2.38. The van der Waals surface area contributed by atoms with Crippen LogP contribution in [0, 0.1) is 11.6 Å². The van der Waals surface area contributed by atoms with Gasteiger partial charge in [0.05, 0.1) is 5.38 Å². The van der Waals surface area contributed by atoms with Gasteiger partial charge in [0.2, 0.25) is 0 Å². The molecule has 2 nitrogen and oxygen atoms in total. The van der Waals surface area contributed by atoms with Crippen molar-refractivity contribution in [1.29, 1.82) is 0 Å². The molecule has 0 radical (unpaired) electrons. The van der Waals surface area contributed by atoms with Gasteiger partial charge in [-0.15, -0.1) is 11.6 Å². The predicted octanol–water partition coefficient (Wildman–Crippen LogP) is 4.06. The summed E-state index contributed by atoms with van der Waals surface area (Å²) < 4.78 is 38.3. The first-order valence-electron chi connectivity index (χ1n) is 6.14. The van der Waals surface area contributed by atoms with Gasteiger partial charge < -0.3 is 9.47 Å².